The van der Waals surface area contributed by atoms with Crippen molar-refractivity contribution in [2.45, 2.75) is 69.7 Å². The molecule has 98 valence electrons. The van der Waals surface area contributed by atoms with Gasteiger partial charge in [-0.3, -0.25) is 4.90 Å². The largest absolute Gasteiger partial charge is 0.375 e. The molecule has 0 aromatic rings. The average molecular weight is 238 g/mol. The summed E-state index contributed by atoms with van der Waals surface area (Å²) in [7, 11) is 0. The maximum atomic E-state index is 6.05. The molecule has 3 fully saturated rings. The number of rotatable bonds is 1. The van der Waals surface area contributed by atoms with Crippen molar-refractivity contribution in [1.29, 1.82) is 0 Å². The van der Waals surface area contributed by atoms with E-state index in [1.54, 1.807) is 0 Å². The third-order valence-electron chi connectivity index (χ3n) is 5.05. The molecule has 0 bridgehead atoms. The number of hydrogen-bond donors (Lipinski definition) is 1. The summed E-state index contributed by atoms with van der Waals surface area (Å²) in [5.74, 6) is 0. The van der Waals surface area contributed by atoms with Crippen LogP contribution in [-0.4, -0.2) is 48.3 Å². The molecule has 3 heteroatoms. The second kappa shape index (κ2) is 4.52. The van der Waals surface area contributed by atoms with Crippen LogP contribution in [0.5, 0.6) is 0 Å². The minimum Gasteiger partial charge on any atom is -0.375 e. The minimum atomic E-state index is 0.285. The van der Waals surface area contributed by atoms with E-state index in [9.17, 15) is 0 Å². The zero-order valence-corrected chi connectivity index (χ0v) is 11.2. The zero-order chi connectivity index (χ0) is 11.9. The van der Waals surface area contributed by atoms with Gasteiger partial charge in [0.15, 0.2) is 0 Å². The smallest absolute Gasteiger partial charge is 0.0697 e. The zero-order valence-electron chi connectivity index (χ0n) is 11.2. The van der Waals surface area contributed by atoms with Crippen molar-refractivity contribution >= 4 is 0 Å². The molecular weight excluding hydrogens is 212 g/mol. The van der Waals surface area contributed by atoms with Crippen LogP contribution in [0, 0.1) is 0 Å². The molecule has 2 heterocycles. The summed E-state index contributed by atoms with van der Waals surface area (Å²) in [6.45, 7) is 8.01. The third-order valence-corrected chi connectivity index (χ3v) is 5.05. The SMILES string of the molecule is CC1CNCC(C)N1C1CCOC2(CCC2)C1. The van der Waals surface area contributed by atoms with Crippen molar-refractivity contribution in [3.63, 3.8) is 0 Å². The van der Waals surface area contributed by atoms with Crippen molar-refractivity contribution in [1.82, 2.24) is 10.2 Å². The predicted octanol–water partition coefficient (Wildman–Crippen LogP) is 1.77. The van der Waals surface area contributed by atoms with Gasteiger partial charge in [-0.25, -0.2) is 0 Å². The number of nitrogens with one attached hydrogen (secondary N) is 1. The van der Waals surface area contributed by atoms with Gasteiger partial charge < -0.3 is 10.1 Å². The van der Waals surface area contributed by atoms with Gasteiger partial charge in [0.2, 0.25) is 0 Å². The lowest BCUT2D eigenvalue weighted by Crippen LogP contribution is -2.62. The van der Waals surface area contributed by atoms with Crippen molar-refractivity contribution in [3.8, 4) is 0 Å². The number of nitrogens with zero attached hydrogens (tertiary/aromatic N) is 1. The summed E-state index contributed by atoms with van der Waals surface area (Å²) in [6, 6.07) is 2.12. The number of piperazine rings is 1. The van der Waals surface area contributed by atoms with Gasteiger partial charge in [0.05, 0.1) is 5.60 Å². The highest BCUT2D eigenvalue weighted by atomic mass is 16.5. The normalized spacial score (nSPS) is 42.4. The van der Waals surface area contributed by atoms with E-state index in [0.717, 1.165) is 25.7 Å². The highest BCUT2D eigenvalue weighted by Crippen LogP contribution is 2.44. The molecule has 0 amide bonds. The molecule has 1 aliphatic carbocycles. The predicted molar refractivity (Wildman–Crippen MR) is 69.2 cm³/mol. The fraction of sp³-hybridized carbons (Fsp3) is 1.00. The van der Waals surface area contributed by atoms with E-state index in [2.05, 4.69) is 24.1 Å². The van der Waals surface area contributed by atoms with Crippen LogP contribution in [0.15, 0.2) is 0 Å². The summed E-state index contributed by atoms with van der Waals surface area (Å²) in [5.41, 5.74) is 0.285. The summed E-state index contributed by atoms with van der Waals surface area (Å²) in [6.07, 6.45) is 6.49. The maximum absolute atomic E-state index is 6.05. The van der Waals surface area contributed by atoms with Crippen molar-refractivity contribution in [2.24, 2.45) is 0 Å². The lowest BCUT2D eigenvalue weighted by atomic mass is 9.73. The van der Waals surface area contributed by atoms with Gasteiger partial charge in [-0.05, 0) is 46.0 Å². The number of ether oxygens (including phenoxy) is 1. The van der Waals surface area contributed by atoms with Crippen LogP contribution < -0.4 is 5.32 Å². The van der Waals surface area contributed by atoms with E-state index < -0.39 is 0 Å². The second-order valence-corrected chi connectivity index (χ2v) is 6.34. The first kappa shape index (κ1) is 11.9. The first-order valence-electron chi connectivity index (χ1n) is 7.32. The Morgan fingerprint density at radius 1 is 1.18 bits per heavy atom. The van der Waals surface area contributed by atoms with Crippen LogP contribution in [0.4, 0.5) is 0 Å². The Balaban J connectivity index is 1.69. The average Bonchev–Trinajstić information content (AvgIpc) is 2.27. The molecule has 1 N–H and O–H groups in total. The Morgan fingerprint density at radius 2 is 1.88 bits per heavy atom. The molecule has 2 saturated heterocycles. The molecule has 3 atom stereocenters. The summed E-state index contributed by atoms with van der Waals surface area (Å²) >= 11 is 0. The molecular formula is C14H26N2O. The van der Waals surface area contributed by atoms with E-state index in [4.69, 9.17) is 4.74 Å². The summed E-state index contributed by atoms with van der Waals surface area (Å²) in [4.78, 5) is 2.76. The van der Waals surface area contributed by atoms with Gasteiger partial charge in [0.1, 0.15) is 0 Å². The Morgan fingerprint density at radius 3 is 2.47 bits per heavy atom. The molecule has 0 aromatic heterocycles. The van der Waals surface area contributed by atoms with Crippen molar-refractivity contribution in [2.75, 3.05) is 19.7 Å². The number of hydrogen-bond acceptors (Lipinski definition) is 3. The highest BCUT2D eigenvalue weighted by molar-refractivity contribution is 4.99. The fourth-order valence-corrected chi connectivity index (χ4v) is 4.04. The molecule has 0 radical (unpaired) electrons. The van der Waals surface area contributed by atoms with E-state index >= 15 is 0 Å². The van der Waals surface area contributed by atoms with Crippen LogP contribution in [0.3, 0.4) is 0 Å². The van der Waals surface area contributed by atoms with Gasteiger partial charge in [0, 0.05) is 37.8 Å². The van der Waals surface area contributed by atoms with Crippen LogP contribution in [0.1, 0.15) is 46.0 Å². The quantitative estimate of drug-likeness (QED) is 0.753. The van der Waals surface area contributed by atoms with Gasteiger partial charge in [-0.15, -0.1) is 0 Å². The van der Waals surface area contributed by atoms with E-state index in [0.29, 0.717) is 12.1 Å². The van der Waals surface area contributed by atoms with Gasteiger partial charge in [-0.2, -0.15) is 0 Å². The summed E-state index contributed by atoms with van der Waals surface area (Å²) < 4.78 is 6.05. The van der Waals surface area contributed by atoms with Gasteiger partial charge in [-0.1, -0.05) is 0 Å². The topological polar surface area (TPSA) is 24.5 Å². The van der Waals surface area contributed by atoms with Crippen LogP contribution >= 0.6 is 0 Å². The lowest BCUT2D eigenvalue weighted by Gasteiger charge is -2.53. The fourth-order valence-electron chi connectivity index (χ4n) is 4.04. The summed E-state index contributed by atoms with van der Waals surface area (Å²) in [5, 5.41) is 3.53. The van der Waals surface area contributed by atoms with Crippen LogP contribution in [0.25, 0.3) is 0 Å². The molecule has 1 spiro atoms. The molecule has 17 heavy (non-hydrogen) atoms. The molecule has 0 aromatic carbocycles. The lowest BCUT2D eigenvalue weighted by molar-refractivity contribution is -0.156. The molecule has 2 aliphatic heterocycles. The Labute approximate surface area is 105 Å². The Kier molecular flexibility index (Phi) is 3.18. The van der Waals surface area contributed by atoms with Crippen molar-refractivity contribution in [3.05, 3.63) is 0 Å². The monoisotopic (exact) mass is 238 g/mol. The molecule has 3 aliphatic rings. The van der Waals surface area contributed by atoms with Crippen molar-refractivity contribution < 1.29 is 4.74 Å². The minimum absolute atomic E-state index is 0.285. The standard InChI is InChI=1S/C14H26N2O/c1-11-9-15-10-12(2)16(11)13-4-7-17-14(8-13)5-3-6-14/h11-13,15H,3-10H2,1-2H3. The van der Waals surface area contributed by atoms with Gasteiger partial charge in [0.25, 0.3) is 0 Å². The molecule has 1 saturated carbocycles. The highest BCUT2D eigenvalue weighted by Gasteiger charge is 2.45. The third kappa shape index (κ3) is 2.13. The first-order valence-corrected chi connectivity index (χ1v) is 7.32. The Hall–Kier alpha value is -0.120. The van der Waals surface area contributed by atoms with E-state index in [-0.39, 0.29) is 5.60 Å². The first-order chi connectivity index (χ1) is 8.20. The van der Waals surface area contributed by atoms with Gasteiger partial charge >= 0.3 is 0 Å². The van der Waals surface area contributed by atoms with E-state index in [1.807, 2.05) is 0 Å². The van der Waals surface area contributed by atoms with Crippen LogP contribution in [-0.2, 0) is 4.74 Å². The molecule has 3 unspecified atom stereocenters. The second-order valence-electron chi connectivity index (χ2n) is 6.34. The molecule has 3 rings (SSSR count). The van der Waals surface area contributed by atoms with Crippen LogP contribution in [0.2, 0.25) is 0 Å². The van der Waals surface area contributed by atoms with E-state index in [1.165, 1.54) is 32.1 Å². The maximum Gasteiger partial charge on any atom is 0.0697 e. The Bertz CT molecular complexity index is 267. The molecule has 3 nitrogen and oxygen atoms in total.